The van der Waals surface area contributed by atoms with Crippen LogP contribution in [-0.4, -0.2) is 11.7 Å². The molecule has 0 unspecified atom stereocenters. The van der Waals surface area contributed by atoms with E-state index in [9.17, 15) is 4.79 Å². The molecule has 1 aromatic heterocycles. The molecule has 22 heavy (non-hydrogen) atoms. The zero-order valence-electron chi connectivity index (χ0n) is 14.2. The molecule has 0 fully saturated rings. The molecule has 0 spiro atoms. The maximum Gasteiger partial charge on any atom is 0.253 e. The minimum atomic E-state index is 0.119. The van der Waals surface area contributed by atoms with Crippen molar-refractivity contribution in [3.63, 3.8) is 0 Å². The lowest BCUT2D eigenvalue weighted by molar-refractivity contribution is 0.412. The first-order valence-electron chi connectivity index (χ1n) is 7.85. The van der Waals surface area contributed by atoms with Crippen molar-refractivity contribution in [3.05, 3.63) is 51.4 Å². The van der Waals surface area contributed by atoms with Gasteiger partial charge in [-0.15, -0.1) is 0 Å². The van der Waals surface area contributed by atoms with E-state index in [-0.39, 0.29) is 5.56 Å². The molecular weight excluding hydrogens is 274 g/mol. The van der Waals surface area contributed by atoms with Gasteiger partial charge in [-0.2, -0.15) is 0 Å². The SMILES string of the molecule is CCCCn1cc(-c2ccc(C)c(OC)c2)c(C)c(C)c1=O. The Bertz CT molecular complexity index is 729. The van der Waals surface area contributed by atoms with Gasteiger partial charge in [0.15, 0.2) is 0 Å². The molecule has 0 aliphatic carbocycles. The Balaban J connectivity index is 2.59. The highest BCUT2D eigenvalue weighted by molar-refractivity contribution is 5.69. The molecule has 0 bridgehead atoms. The van der Waals surface area contributed by atoms with E-state index in [2.05, 4.69) is 19.1 Å². The number of methoxy groups -OCH3 is 1. The van der Waals surface area contributed by atoms with Gasteiger partial charge in [0.1, 0.15) is 5.75 Å². The van der Waals surface area contributed by atoms with Gasteiger partial charge >= 0.3 is 0 Å². The smallest absolute Gasteiger partial charge is 0.253 e. The fourth-order valence-electron chi connectivity index (χ4n) is 2.66. The van der Waals surface area contributed by atoms with Gasteiger partial charge < -0.3 is 9.30 Å². The van der Waals surface area contributed by atoms with Crippen molar-refractivity contribution in [1.82, 2.24) is 4.57 Å². The van der Waals surface area contributed by atoms with Crippen LogP contribution in [0.1, 0.15) is 36.5 Å². The topological polar surface area (TPSA) is 31.2 Å². The predicted molar refractivity (Wildman–Crippen MR) is 91.8 cm³/mol. The first-order chi connectivity index (χ1) is 10.5. The highest BCUT2D eigenvalue weighted by Crippen LogP contribution is 2.29. The number of hydrogen-bond acceptors (Lipinski definition) is 2. The zero-order chi connectivity index (χ0) is 16.3. The highest BCUT2D eigenvalue weighted by Gasteiger charge is 2.12. The second-order valence-corrected chi connectivity index (χ2v) is 5.83. The quantitative estimate of drug-likeness (QED) is 0.826. The maximum absolute atomic E-state index is 12.4. The summed E-state index contributed by atoms with van der Waals surface area (Å²) in [4.78, 5) is 12.4. The lowest BCUT2D eigenvalue weighted by Gasteiger charge is -2.15. The maximum atomic E-state index is 12.4. The van der Waals surface area contributed by atoms with Crippen LogP contribution in [0.3, 0.4) is 0 Å². The fraction of sp³-hybridized carbons (Fsp3) is 0.421. The summed E-state index contributed by atoms with van der Waals surface area (Å²) in [5.41, 5.74) is 5.30. The van der Waals surface area contributed by atoms with Gasteiger partial charge in [-0.25, -0.2) is 0 Å². The lowest BCUT2D eigenvalue weighted by Crippen LogP contribution is -2.23. The largest absolute Gasteiger partial charge is 0.496 e. The molecule has 0 N–H and O–H groups in total. The second kappa shape index (κ2) is 6.82. The monoisotopic (exact) mass is 299 g/mol. The number of hydrogen-bond donors (Lipinski definition) is 0. The lowest BCUT2D eigenvalue weighted by atomic mass is 9.98. The summed E-state index contributed by atoms with van der Waals surface area (Å²) in [6.07, 6.45) is 4.08. The van der Waals surface area contributed by atoms with Gasteiger partial charge in [0.2, 0.25) is 0 Å². The molecule has 0 aliphatic heterocycles. The van der Waals surface area contributed by atoms with E-state index in [0.29, 0.717) is 0 Å². The third-order valence-electron chi connectivity index (χ3n) is 4.30. The van der Waals surface area contributed by atoms with E-state index in [1.807, 2.05) is 37.6 Å². The third kappa shape index (κ3) is 3.08. The van der Waals surface area contributed by atoms with E-state index in [0.717, 1.165) is 53.0 Å². The Morgan fingerprint density at radius 3 is 2.50 bits per heavy atom. The van der Waals surface area contributed by atoms with Gasteiger partial charge in [-0.3, -0.25) is 4.79 Å². The molecule has 1 aromatic carbocycles. The van der Waals surface area contributed by atoms with Crippen molar-refractivity contribution < 1.29 is 4.74 Å². The van der Waals surface area contributed by atoms with Crippen molar-refractivity contribution >= 4 is 0 Å². The minimum Gasteiger partial charge on any atom is -0.496 e. The summed E-state index contributed by atoms with van der Waals surface area (Å²) in [5.74, 6) is 0.876. The standard InChI is InChI=1S/C19H25NO2/c1-6-7-10-20-12-17(14(3)15(4)19(20)21)16-9-8-13(2)18(11-16)22-5/h8-9,11-12H,6-7,10H2,1-5H3. The number of aryl methyl sites for hydroxylation is 2. The van der Waals surface area contributed by atoms with Gasteiger partial charge in [0.05, 0.1) is 7.11 Å². The van der Waals surface area contributed by atoms with Gasteiger partial charge in [0.25, 0.3) is 5.56 Å². The second-order valence-electron chi connectivity index (χ2n) is 5.83. The van der Waals surface area contributed by atoms with Crippen LogP contribution in [0, 0.1) is 20.8 Å². The van der Waals surface area contributed by atoms with E-state index in [4.69, 9.17) is 4.74 Å². The van der Waals surface area contributed by atoms with Crippen molar-refractivity contribution in [2.24, 2.45) is 0 Å². The van der Waals surface area contributed by atoms with E-state index < -0.39 is 0 Å². The molecule has 1 heterocycles. The summed E-state index contributed by atoms with van der Waals surface area (Å²) in [6.45, 7) is 8.87. The molecule has 3 nitrogen and oxygen atoms in total. The van der Waals surface area contributed by atoms with Crippen LogP contribution in [0.15, 0.2) is 29.2 Å². The van der Waals surface area contributed by atoms with Crippen LogP contribution < -0.4 is 10.3 Å². The number of aromatic nitrogens is 1. The third-order valence-corrected chi connectivity index (χ3v) is 4.30. The molecule has 0 amide bonds. The van der Waals surface area contributed by atoms with Crippen LogP contribution in [0.2, 0.25) is 0 Å². The summed E-state index contributed by atoms with van der Waals surface area (Å²) in [7, 11) is 1.69. The molecule has 0 saturated heterocycles. The predicted octanol–water partition coefficient (Wildman–Crippen LogP) is 4.25. The highest BCUT2D eigenvalue weighted by atomic mass is 16.5. The number of rotatable bonds is 5. The molecule has 0 radical (unpaired) electrons. The summed E-state index contributed by atoms with van der Waals surface area (Å²) in [5, 5.41) is 0. The molecule has 2 rings (SSSR count). The molecular formula is C19H25NO2. The number of nitrogens with zero attached hydrogens (tertiary/aromatic N) is 1. The molecule has 0 saturated carbocycles. The first-order valence-corrected chi connectivity index (χ1v) is 7.85. The Morgan fingerprint density at radius 2 is 1.86 bits per heavy atom. The summed E-state index contributed by atoms with van der Waals surface area (Å²) >= 11 is 0. The van der Waals surface area contributed by atoms with Crippen LogP contribution in [0.5, 0.6) is 5.75 Å². The van der Waals surface area contributed by atoms with Crippen molar-refractivity contribution in [3.8, 4) is 16.9 Å². The van der Waals surface area contributed by atoms with Gasteiger partial charge in [-0.1, -0.05) is 25.5 Å². The van der Waals surface area contributed by atoms with E-state index >= 15 is 0 Å². The molecule has 2 aromatic rings. The number of unbranched alkanes of at least 4 members (excludes halogenated alkanes) is 1. The average molecular weight is 299 g/mol. The van der Waals surface area contributed by atoms with Crippen molar-refractivity contribution in [2.75, 3.05) is 7.11 Å². The number of benzene rings is 1. The van der Waals surface area contributed by atoms with Crippen LogP contribution in [0.4, 0.5) is 0 Å². The molecule has 0 atom stereocenters. The summed E-state index contributed by atoms with van der Waals surface area (Å²) < 4.78 is 7.27. The molecule has 118 valence electrons. The van der Waals surface area contributed by atoms with Gasteiger partial charge in [0, 0.05) is 23.9 Å². The van der Waals surface area contributed by atoms with Crippen LogP contribution in [-0.2, 0) is 6.54 Å². The van der Waals surface area contributed by atoms with E-state index in [1.54, 1.807) is 7.11 Å². The Morgan fingerprint density at radius 1 is 1.14 bits per heavy atom. The van der Waals surface area contributed by atoms with Crippen molar-refractivity contribution in [1.29, 1.82) is 0 Å². The number of pyridine rings is 1. The number of ether oxygens (including phenoxy) is 1. The average Bonchev–Trinajstić information content (AvgIpc) is 2.53. The Labute approximate surface area is 132 Å². The minimum absolute atomic E-state index is 0.119. The van der Waals surface area contributed by atoms with Crippen LogP contribution in [0.25, 0.3) is 11.1 Å². The molecule has 3 heteroatoms. The normalized spacial score (nSPS) is 10.8. The fourth-order valence-corrected chi connectivity index (χ4v) is 2.66. The van der Waals surface area contributed by atoms with Crippen molar-refractivity contribution in [2.45, 2.75) is 47.1 Å². The Hall–Kier alpha value is -2.03. The summed E-state index contributed by atoms with van der Waals surface area (Å²) in [6, 6.07) is 6.20. The van der Waals surface area contributed by atoms with E-state index in [1.165, 1.54) is 0 Å². The molecule has 0 aliphatic rings. The van der Waals surface area contributed by atoms with Crippen LogP contribution >= 0.6 is 0 Å². The first kappa shape index (κ1) is 16.3. The Kier molecular flexibility index (Phi) is 5.07. The van der Waals surface area contributed by atoms with Gasteiger partial charge in [-0.05, 0) is 49.9 Å². The zero-order valence-corrected chi connectivity index (χ0v) is 14.2.